The molecule has 17 heavy (non-hydrogen) atoms. The number of rotatable bonds is 1. The number of carboxylic acid groups (broad SMARTS) is 1. The Balaban J connectivity index is 2.61. The highest BCUT2D eigenvalue weighted by Gasteiger charge is 2.14. The van der Waals surface area contributed by atoms with Crippen LogP contribution in [0, 0.1) is 0 Å². The number of aromatic nitrogens is 1. The van der Waals surface area contributed by atoms with Crippen molar-refractivity contribution in [3.05, 3.63) is 48.0 Å². The average Bonchev–Trinajstić information content (AvgIpc) is 2.64. The number of carboxylic acids is 1. The molecule has 0 saturated heterocycles. The molecule has 0 aliphatic carbocycles. The monoisotopic (exact) mass is 225 g/mol. The van der Waals surface area contributed by atoms with Crippen molar-refractivity contribution < 1.29 is 9.90 Å². The summed E-state index contributed by atoms with van der Waals surface area (Å²) in [5.41, 5.74) is 2.18. The Bertz CT molecular complexity index is 740. The summed E-state index contributed by atoms with van der Waals surface area (Å²) in [4.78, 5) is 11.2. The molecule has 3 rings (SSSR count). The smallest absolute Gasteiger partial charge is 0.337 e. The van der Waals surface area contributed by atoms with E-state index in [0.717, 1.165) is 21.8 Å². The van der Waals surface area contributed by atoms with Crippen LogP contribution in [0.5, 0.6) is 0 Å². The predicted molar refractivity (Wildman–Crippen MR) is 67.4 cm³/mol. The molecular weight excluding hydrogens is 214 g/mol. The number of nitrogens with zero attached hydrogens (tertiary/aromatic N) is 1. The third kappa shape index (κ3) is 1.25. The second-order valence-corrected chi connectivity index (χ2v) is 4.08. The minimum atomic E-state index is -0.887. The van der Waals surface area contributed by atoms with E-state index in [9.17, 15) is 9.90 Å². The maximum Gasteiger partial charge on any atom is 0.337 e. The summed E-state index contributed by atoms with van der Waals surface area (Å²) in [7, 11) is 1.90. The van der Waals surface area contributed by atoms with Gasteiger partial charge in [0.15, 0.2) is 0 Å². The lowest BCUT2D eigenvalue weighted by Gasteiger charge is -2.01. The van der Waals surface area contributed by atoms with Gasteiger partial charge in [0.2, 0.25) is 0 Å². The second kappa shape index (κ2) is 3.35. The molecule has 0 amide bonds. The zero-order valence-corrected chi connectivity index (χ0v) is 9.34. The molecule has 1 N–H and O–H groups in total. The van der Waals surface area contributed by atoms with Gasteiger partial charge in [-0.05, 0) is 12.1 Å². The Morgan fingerprint density at radius 3 is 2.53 bits per heavy atom. The van der Waals surface area contributed by atoms with Crippen molar-refractivity contribution in [1.29, 1.82) is 0 Å². The van der Waals surface area contributed by atoms with Gasteiger partial charge in [-0.1, -0.05) is 30.3 Å². The minimum absolute atomic E-state index is 0.348. The first-order valence-corrected chi connectivity index (χ1v) is 5.39. The van der Waals surface area contributed by atoms with Gasteiger partial charge in [-0.3, -0.25) is 0 Å². The highest BCUT2D eigenvalue weighted by Crippen LogP contribution is 2.29. The second-order valence-electron chi connectivity index (χ2n) is 4.08. The molecule has 0 saturated carbocycles. The summed E-state index contributed by atoms with van der Waals surface area (Å²) in [5.74, 6) is -0.887. The number of aromatic carboxylic acids is 1. The number of carbonyl (C=O) groups is 1. The van der Waals surface area contributed by atoms with Gasteiger partial charge < -0.3 is 9.67 Å². The summed E-state index contributed by atoms with van der Waals surface area (Å²) in [6.45, 7) is 0. The van der Waals surface area contributed by atoms with Crippen LogP contribution in [-0.2, 0) is 7.05 Å². The van der Waals surface area contributed by atoms with Crippen LogP contribution in [0.2, 0.25) is 0 Å². The van der Waals surface area contributed by atoms with Crippen LogP contribution in [-0.4, -0.2) is 15.6 Å². The van der Waals surface area contributed by atoms with Crippen LogP contribution < -0.4 is 0 Å². The van der Waals surface area contributed by atoms with Gasteiger partial charge in [-0.25, -0.2) is 4.79 Å². The highest BCUT2D eigenvalue weighted by atomic mass is 16.4. The predicted octanol–water partition coefficient (Wildman–Crippen LogP) is 3.03. The van der Waals surface area contributed by atoms with Crippen LogP contribution in [0.25, 0.3) is 21.8 Å². The zero-order valence-electron chi connectivity index (χ0n) is 9.34. The Labute approximate surface area is 97.9 Å². The molecular formula is C14H11NO2. The average molecular weight is 225 g/mol. The number of benzene rings is 2. The number of aryl methyl sites for hydroxylation is 1. The van der Waals surface area contributed by atoms with Gasteiger partial charge in [0, 0.05) is 23.3 Å². The van der Waals surface area contributed by atoms with E-state index in [-0.39, 0.29) is 0 Å². The van der Waals surface area contributed by atoms with Crippen LogP contribution in [0.4, 0.5) is 0 Å². The fraction of sp³-hybridized carbons (Fsp3) is 0.0714. The van der Waals surface area contributed by atoms with Gasteiger partial charge in [0.25, 0.3) is 0 Å². The van der Waals surface area contributed by atoms with Crippen LogP contribution in [0.3, 0.4) is 0 Å². The fourth-order valence-corrected chi connectivity index (χ4v) is 2.41. The van der Waals surface area contributed by atoms with Gasteiger partial charge in [0.1, 0.15) is 0 Å². The van der Waals surface area contributed by atoms with E-state index < -0.39 is 5.97 Å². The number of para-hydroxylation sites is 2. The molecule has 1 heterocycles. The van der Waals surface area contributed by atoms with Crippen molar-refractivity contribution in [2.45, 2.75) is 0 Å². The van der Waals surface area contributed by atoms with Crippen LogP contribution in [0.1, 0.15) is 10.4 Å². The SMILES string of the molecule is Cn1c2ccccc2c2cccc(C(=O)O)c21. The summed E-state index contributed by atoms with van der Waals surface area (Å²) in [5, 5.41) is 11.3. The Morgan fingerprint density at radius 1 is 1.06 bits per heavy atom. The molecule has 3 aromatic rings. The Kier molecular flexibility index (Phi) is 1.95. The molecule has 3 heteroatoms. The van der Waals surface area contributed by atoms with Gasteiger partial charge in [-0.2, -0.15) is 0 Å². The first-order valence-electron chi connectivity index (χ1n) is 5.39. The molecule has 3 nitrogen and oxygen atoms in total. The first kappa shape index (κ1) is 9.90. The van der Waals surface area contributed by atoms with E-state index in [1.54, 1.807) is 12.1 Å². The molecule has 0 unspecified atom stereocenters. The van der Waals surface area contributed by atoms with Crippen molar-refractivity contribution in [2.75, 3.05) is 0 Å². The molecule has 0 bridgehead atoms. The largest absolute Gasteiger partial charge is 0.478 e. The fourth-order valence-electron chi connectivity index (χ4n) is 2.41. The normalized spacial score (nSPS) is 11.1. The maximum atomic E-state index is 11.2. The topological polar surface area (TPSA) is 42.2 Å². The summed E-state index contributed by atoms with van der Waals surface area (Å²) >= 11 is 0. The Morgan fingerprint density at radius 2 is 1.76 bits per heavy atom. The summed E-state index contributed by atoms with van der Waals surface area (Å²) < 4.78 is 1.94. The quantitative estimate of drug-likeness (QED) is 0.691. The molecule has 0 spiro atoms. The van der Waals surface area contributed by atoms with Gasteiger partial charge in [0.05, 0.1) is 11.1 Å². The molecule has 0 aliphatic rings. The molecule has 0 aliphatic heterocycles. The molecule has 84 valence electrons. The third-order valence-electron chi connectivity index (χ3n) is 3.16. The van der Waals surface area contributed by atoms with E-state index in [0.29, 0.717) is 5.56 Å². The number of fused-ring (bicyclic) bond motifs is 3. The third-order valence-corrected chi connectivity index (χ3v) is 3.16. The van der Waals surface area contributed by atoms with Gasteiger partial charge in [-0.15, -0.1) is 0 Å². The Hall–Kier alpha value is -2.29. The lowest BCUT2D eigenvalue weighted by atomic mass is 10.1. The van der Waals surface area contributed by atoms with Crippen molar-refractivity contribution in [1.82, 2.24) is 4.57 Å². The van der Waals surface area contributed by atoms with E-state index in [1.165, 1.54) is 0 Å². The van der Waals surface area contributed by atoms with Crippen molar-refractivity contribution in [2.24, 2.45) is 7.05 Å². The summed E-state index contributed by atoms with van der Waals surface area (Å²) in [6, 6.07) is 13.3. The van der Waals surface area contributed by atoms with Crippen molar-refractivity contribution in [3.8, 4) is 0 Å². The number of hydrogen-bond acceptors (Lipinski definition) is 1. The van der Waals surface area contributed by atoms with E-state index in [2.05, 4.69) is 0 Å². The van der Waals surface area contributed by atoms with E-state index in [4.69, 9.17) is 0 Å². The molecule has 0 atom stereocenters. The minimum Gasteiger partial charge on any atom is -0.478 e. The van der Waals surface area contributed by atoms with E-state index >= 15 is 0 Å². The van der Waals surface area contributed by atoms with Gasteiger partial charge >= 0.3 is 5.97 Å². The van der Waals surface area contributed by atoms with Crippen LogP contribution in [0.15, 0.2) is 42.5 Å². The molecule has 2 aromatic carbocycles. The lowest BCUT2D eigenvalue weighted by Crippen LogP contribution is -2.00. The molecule has 0 radical (unpaired) electrons. The summed E-state index contributed by atoms with van der Waals surface area (Å²) in [6.07, 6.45) is 0. The van der Waals surface area contributed by atoms with Crippen LogP contribution >= 0.6 is 0 Å². The zero-order chi connectivity index (χ0) is 12.0. The van der Waals surface area contributed by atoms with E-state index in [1.807, 2.05) is 41.9 Å². The highest BCUT2D eigenvalue weighted by molar-refractivity contribution is 6.14. The lowest BCUT2D eigenvalue weighted by molar-refractivity contribution is 0.0698. The molecule has 1 aromatic heterocycles. The van der Waals surface area contributed by atoms with Crippen molar-refractivity contribution >= 4 is 27.8 Å². The van der Waals surface area contributed by atoms with Crippen molar-refractivity contribution in [3.63, 3.8) is 0 Å². The standard InChI is InChI=1S/C14H11NO2/c1-15-12-8-3-2-5-9(12)10-6-4-7-11(13(10)15)14(16)17/h2-8H,1H3,(H,16,17). The maximum absolute atomic E-state index is 11.2. The molecule has 0 fully saturated rings. The first-order chi connectivity index (χ1) is 8.20. The number of hydrogen-bond donors (Lipinski definition) is 1.